The number of carbonyl (C=O) groups excluding carboxylic acids is 1. The average Bonchev–Trinajstić information content (AvgIpc) is 3.08. The number of amides is 1. The van der Waals surface area contributed by atoms with E-state index in [1.54, 1.807) is 11.0 Å². The topological polar surface area (TPSA) is 69.7 Å². The molecular weight excluding hydrogens is 370 g/mol. The zero-order valence-electron chi connectivity index (χ0n) is 15.5. The minimum atomic E-state index is -3.55. The number of hydrogen-bond donors (Lipinski definition) is 1. The Hall–Kier alpha value is -1.90. The largest absolute Gasteiger partial charge is 0.378 e. The predicted molar refractivity (Wildman–Crippen MR) is 108 cm³/mol. The summed E-state index contributed by atoms with van der Waals surface area (Å²) in [5, 5.41) is 0. The molecule has 0 atom stereocenters. The number of nitrogens with zero attached hydrogens (tertiary/aromatic N) is 2. The van der Waals surface area contributed by atoms with Gasteiger partial charge in [0.15, 0.2) is 0 Å². The van der Waals surface area contributed by atoms with Crippen molar-refractivity contribution >= 4 is 38.6 Å². The maximum atomic E-state index is 12.4. The summed E-state index contributed by atoms with van der Waals surface area (Å²) in [6.07, 6.45) is 0.807. The van der Waals surface area contributed by atoms with Crippen molar-refractivity contribution in [2.45, 2.75) is 24.5 Å². The van der Waals surface area contributed by atoms with Crippen LogP contribution in [0.4, 0.5) is 11.4 Å². The fourth-order valence-electron chi connectivity index (χ4n) is 2.45. The van der Waals surface area contributed by atoms with Crippen LogP contribution in [0.15, 0.2) is 40.6 Å². The van der Waals surface area contributed by atoms with Gasteiger partial charge in [0.05, 0.1) is 0 Å². The summed E-state index contributed by atoms with van der Waals surface area (Å²) in [5.74, 6) is -0.133. The number of nitrogens with one attached hydrogen (secondary N) is 1. The van der Waals surface area contributed by atoms with E-state index in [1.807, 2.05) is 56.3 Å². The molecule has 1 amide bonds. The van der Waals surface area contributed by atoms with E-state index in [9.17, 15) is 13.2 Å². The van der Waals surface area contributed by atoms with Gasteiger partial charge in [0, 0.05) is 50.4 Å². The van der Waals surface area contributed by atoms with Crippen LogP contribution in [-0.4, -0.2) is 41.5 Å². The van der Waals surface area contributed by atoms with Crippen LogP contribution in [0.2, 0.25) is 0 Å². The van der Waals surface area contributed by atoms with Gasteiger partial charge in [-0.2, -0.15) is 0 Å². The average molecular weight is 396 g/mol. The first-order valence-electron chi connectivity index (χ1n) is 8.38. The zero-order valence-corrected chi connectivity index (χ0v) is 17.2. The molecular formula is C18H25N3O3S2. The van der Waals surface area contributed by atoms with Crippen LogP contribution in [0.3, 0.4) is 0 Å². The molecule has 0 saturated heterocycles. The van der Waals surface area contributed by atoms with E-state index in [-0.39, 0.29) is 19.0 Å². The van der Waals surface area contributed by atoms with Gasteiger partial charge in [-0.15, -0.1) is 11.3 Å². The number of rotatable bonds is 8. The van der Waals surface area contributed by atoms with Gasteiger partial charge >= 0.3 is 0 Å². The van der Waals surface area contributed by atoms with Crippen LogP contribution in [0.5, 0.6) is 0 Å². The van der Waals surface area contributed by atoms with Crippen LogP contribution < -0.4 is 14.5 Å². The third kappa shape index (κ3) is 5.06. The standard InChI is InChI=1S/C18H25N3O3S2/c1-5-17-10-11-18(25-17)26(23,24)19-12-13-21(14(2)22)16-8-6-15(7-9-16)20(3)4/h6-11,19H,5,12-13H2,1-4H3. The Labute approximate surface area is 159 Å². The Morgan fingerprint density at radius 3 is 2.19 bits per heavy atom. The van der Waals surface area contributed by atoms with Gasteiger partial charge in [-0.3, -0.25) is 4.79 Å². The second-order valence-corrected chi connectivity index (χ2v) is 9.22. The predicted octanol–water partition coefficient (Wildman–Crippen LogP) is 2.71. The van der Waals surface area contributed by atoms with Crippen LogP contribution in [-0.2, 0) is 21.2 Å². The summed E-state index contributed by atoms with van der Waals surface area (Å²) in [6.45, 7) is 3.88. The Kier molecular flexibility index (Phi) is 6.80. The molecule has 1 aromatic heterocycles. The summed E-state index contributed by atoms with van der Waals surface area (Å²) in [7, 11) is 0.344. The molecule has 1 heterocycles. The quantitative estimate of drug-likeness (QED) is 0.746. The van der Waals surface area contributed by atoms with E-state index in [2.05, 4.69) is 4.72 Å². The van der Waals surface area contributed by atoms with Gasteiger partial charge < -0.3 is 9.80 Å². The lowest BCUT2D eigenvalue weighted by molar-refractivity contribution is -0.116. The van der Waals surface area contributed by atoms with Crippen molar-refractivity contribution in [2.75, 3.05) is 37.0 Å². The smallest absolute Gasteiger partial charge is 0.250 e. The molecule has 26 heavy (non-hydrogen) atoms. The fraction of sp³-hybridized carbons (Fsp3) is 0.389. The third-order valence-electron chi connectivity index (χ3n) is 3.94. The minimum absolute atomic E-state index is 0.133. The van der Waals surface area contributed by atoms with Gasteiger partial charge in [-0.1, -0.05) is 6.92 Å². The summed E-state index contributed by atoms with van der Waals surface area (Å²) < 4.78 is 27.6. The number of anilines is 2. The summed E-state index contributed by atoms with van der Waals surface area (Å²) in [6, 6.07) is 11.0. The highest BCUT2D eigenvalue weighted by molar-refractivity contribution is 7.91. The highest BCUT2D eigenvalue weighted by Crippen LogP contribution is 2.22. The lowest BCUT2D eigenvalue weighted by Crippen LogP contribution is -2.37. The molecule has 0 unspecified atom stereocenters. The normalized spacial score (nSPS) is 11.4. The first-order chi connectivity index (χ1) is 12.2. The molecule has 0 fully saturated rings. The van der Waals surface area contributed by atoms with Crippen molar-refractivity contribution in [1.82, 2.24) is 4.72 Å². The Morgan fingerprint density at radius 2 is 1.69 bits per heavy atom. The van der Waals surface area contributed by atoms with Gasteiger partial charge in [0.25, 0.3) is 0 Å². The first kappa shape index (κ1) is 20.4. The van der Waals surface area contributed by atoms with Gasteiger partial charge in [0.2, 0.25) is 15.9 Å². The van der Waals surface area contributed by atoms with Crippen LogP contribution in [0, 0.1) is 0 Å². The van der Waals surface area contributed by atoms with Crippen LogP contribution >= 0.6 is 11.3 Å². The highest BCUT2D eigenvalue weighted by atomic mass is 32.2. The molecule has 0 radical (unpaired) electrons. The lowest BCUT2D eigenvalue weighted by atomic mass is 10.2. The van der Waals surface area contributed by atoms with Crippen molar-refractivity contribution in [3.63, 3.8) is 0 Å². The monoisotopic (exact) mass is 395 g/mol. The van der Waals surface area contributed by atoms with Crippen molar-refractivity contribution in [2.24, 2.45) is 0 Å². The van der Waals surface area contributed by atoms with E-state index in [0.29, 0.717) is 4.21 Å². The highest BCUT2D eigenvalue weighted by Gasteiger charge is 2.18. The molecule has 2 rings (SSSR count). The molecule has 0 aliphatic rings. The van der Waals surface area contributed by atoms with Crippen molar-refractivity contribution in [3.8, 4) is 0 Å². The Bertz CT molecular complexity index is 843. The second kappa shape index (κ2) is 8.66. The SMILES string of the molecule is CCc1ccc(S(=O)(=O)NCCN(C(C)=O)c2ccc(N(C)C)cc2)s1. The van der Waals surface area contributed by atoms with E-state index in [1.165, 1.54) is 18.3 Å². The summed E-state index contributed by atoms with van der Waals surface area (Å²) in [5.41, 5.74) is 1.77. The van der Waals surface area contributed by atoms with E-state index in [4.69, 9.17) is 0 Å². The molecule has 0 bridgehead atoms. The number of aryl methyl sites for hydroxylation is 1. The number of benzene rings is 1. The zero-order chi connectivity index (χ0) is 19.3. The van der Waals surface area contributed by atoms with Crippen LogP contribution in [0.25, 0.3) is 0 Å². The minimum Gasteiger partial charge on any atom is -0.378 e. The molecule has 142 valence electrons. The number of carbonyl (C=O) groups is 1. The van der Waals surface area contributed by atoms with Crippen molar-refractivity contribution < 1.29 is 13.2 Å². The molecule has 0 spiro atoms. The van der Waals surface area contributed by atoms with E-state index < -0.39 is 10.0 Å². The number of sulfonamides is 1. The molecule has 0 aliphatic carbocycles. The Morgan fingerprint density at radius 1 is 1.08 bits per heavy atom. The molecule has 2 aromatic rings. The van der Waals surface area contributed by atoms with Crippen molar-refractivity contribution in [1.29, 1.82) is 0 Å². The Balaban J connectivity index is 2.03. The second-order valence-electron chi connectivity index (χ2n) is 6.05. The van der Waals surface area contributed by atoms with Crippen LogP contribution in [0.1, 0.15) is 18.7 Å². The first-order valence-corrected chi connectivity index (χ1v) is 10.7. The van der Waals surface area contributed by atoms with E-state index >= 15 is 0 Å². The number of hydrogen-bond acceptors (Lipinski definition) is 5. The lowest BCUT2D eigenvalue weighted by Gasteiger charge is -2.22. The van der Waals surface area contributed by atoms with Gasteiger partial charge in [-0.05, 0) is 42.8 Å². The summed E-state index contributed by atoms with van der Waals surface area (Å²) in [4.78, 5) is 16.5. The number of thiophene rings is 1. The fourth-order valence-corrected chi connectivity index (χ4v) is 4.82. The summed E-state index contributed by atoms with van der Waals surface area (Å²) >= 11 is 1.27. The molecule has 6 nitrogen and oxygen atoms in total. The molecule has 0 saturated carbocycles. The third-order valence-corrected chi connectivity index (χ3v) is 7.12. The maximum Gasteiger partial charge on any atom is 0.250 e. The van der Waals surface area contributed by atoms with Crippen molar-refractivity contribution in [3.05, 3.63) is 41.3 Å². The molecule has 8 heteroatoms. The molecule has 1 aromatic carbocycles. The van der Waals surface area contributed by atoms with Gasteiger partial charge in [0.1, 0.15) is 4.21 Å². The molecule has 0 aliphatic heterocycles. The van der Waals surface area contributed by atoms with Gasteiger partial charge in [-0.25, -0.2) is 13.1 Å². The molecule has 1 N–H and O–H groups in total. The van der Waals surface area contributed by atoms with E-state index in [0.717, 1.165) is 22.7 Å². The maximum absolute atomic E-state index is 12.4.